The molecule has 0 aliphatic rings. The fourth-order valence-electron chi connectivity index (χ4n) is 2.03. The lowest BCUT2D eigenvalue weighted by atomic mass is 9.98. The molecule has 0 saturated heterocycles. The Morgan fingerprint density at radius 2 is 1.70 bits per heavy atom. The van der Waals surface area contributed by atoms with Crippen molar-refractivity contribution in [2.75, 3.05) is 11.9 Å². The van der Waals surface area contributed by atoms with Gasteiger partial charge < -0.3 is 10.2 Å². The van der Waals surface area contributed by atoms with E-state index in [9.17, 15) is 0 Å². The summed E-state index contributed by atoms with van der Waals surface area (Å²) < 4.78 is 0. The van der Waals surface area contributed by atoms with Crippen molar-refractivity contribution < 1.29 is 0 Å². The number of nitrogens with one attached hydrogen (secondary N) is 1. The van der Waals surface area contributed by atoms with Gasteiger partial charge in [0, 0.05) is 30.4 Å². The van der Waals surface area contributed by atoms with Crippen LogP contribution in [-0.4, -0.2) is 18.1 Å². The summed E-state index contributed by atoms with van der Waals surface area (Å²) in [6.45, 7) is 16.6. The molecular formula is C18H32N2. The summed E-state index contributed by atoms with van der Waals surface area (Å²) in [5, 5.41) is 3.56. The molecule has 0 aliphatic carbocycles. The number of anilines is 1. The molecular weight excluding hydrogens is 244 g/mol. The van der Waals surface area contributed by atoms with Crippen molar-refractivity contribution in [1.82, 2.24) is 5.32 Å². The van der Waals surface area contributed by atoms with Crippen molar-refractivity contribution in [3.8, 4) is 0 Å². The molecule has 1 aromatic carbocycles. The molecule has 0 unspecified atom stereocenters. The molecule has 1 N–H and O–H groups in total. The average molecular weight is 276 g/mol. The van der Waals surface area contributed by atoms with E-state index in [-0.39, 0.29) is 11.1 Å². The van der Waals surface area contributed by atoms with Crippen molar-refractivity contribution in [3.05, 3.63) is 29.3 Å². The topological polar surface area (TPSA) is 15.3 Å². The Kier molecular flexibility index (Phi) is 5.26. The van der Waals surface area contributed by atoms with Crippen molar-refractivity contribution in [2.45, 2.75) is 72.5 Å². The molecule has 0 atom stereocenters. The average Bonchev–Trinajstić information content (AvgIpc) is 2.35. The molecule has 2 nitrogen and oxygen atoms in total. The molecule has 114 valence electrons. The zero-order chi connectivity index (χ0) is 15.6. The largest absolute Gasteiger partial charge is 0.369 e. The van der Waals surface area contributed by atoms with Gasteiger partial charge >= 0.3 is 0 Å². The predicted molar refractivity (Wildman–Crippen MR) is 90.5 cm³/mol. The van der Waals surface area contributed by atoms with E-state index >= 15 is 0 Å². The second-order valence-corrected chi connectivity index (χ2v) is 7.44. The SMILES string of the molecule is CCC(C)(C)N(C)c1ccc(CNC(C)(C)C)c(C)c1. The number of aryl methyl sites for hydroxylation is 1. The van der Waals surface area contributed by atoms with E-state index in [1.54, 1.807) is 0 Å². The molecule has 0 radical (unpaired) electrons. The van der Waals surface area contributed by atoms with Crippen molar-refractivity contribution >= 4 is 5.69 Å². The normalized spacial score (nSPS) is 12.6. The lowest BCUT2D eigenvalue weighted by Gasteiger charge is -2.37. The lowest BCUT2D eigenvalue weighted by molar-refractivity contribution is 0.424. The van der Waals surface area contributed by atoms with Crippen molar-refractivity contribution in [1.29, 1.82) is 0 Å². The highest BCUT2D eigenvalue weighted by atomic mass is 15.2. The van der Waals surface area contributed by atoms with Crippen LogP contribution in [0.4, 0.5) is 5.69 Å². The maximum atomic E-state index is 3.56. The van der Waals surface area contributed by atoms with Crippen LogP contribution in [0.1, 0.15) is 59.1 Å². The molecule has 0 saturated carbocycles. The van der Waals surface area contributed by atoms with Gasteiger partial charge in [0.15, 0.2) is 0 Å². The first-order valence-corrected chi connectivity index (χ1v) is 7.65. The maximum absolute atomic E-state index is 3.56. The van der Waals surface area contributed by atoms with E-state index in [1.165, 1.54) is 16.8 Å². The smallest absolute Gasteiger partial charge is 0.0370 e. The molecule has 0 spiro atoms. The summed E-state index contributed by atoms with van der Waals surface area (Å²) in [4.78, 5) is 2.38. The lowest BCUT2D eigenvalue weighted by Crippen LogP contribution is -2.40. The molecule has 0 heterocycles. The van der Waals surface area contributed by atoms with Crippen LogP contribution in [0.15, 0.2) is 18.2 Å². The third-order valence-electron chi connectivity index (χ3n) is 4.30. The highest BCUT2D eigenvalue weighted by Gasteiger charge is 2.21. The number of rotatable bonds is 5. The van der Waals surface area contributed by atoms with Crippen LogP contribution in [0.3, 0.4) is 0 Å². The number of nitrogens with zero attached hydrogens (tertiary/aromatic N) is 1. The van der Waals surface area contributed by atoms with E-state index in [2.05, 4.69) is 83.9 Å². The van der Waals surface area contributed by atoms with Crippen molar-refractivity contribution in [3.63, 3.8) is 0 Å². The van der Waals surface area contributed by atoms with E-state index < -0.39 is 0 Å². The molecule has 20 heavy (non-hydrogen) atoms. The Balaban J connectivity index is 2.88. The highest BCUT2D eigenvalue weighted by Crippen LogP contribution is 2.26. The van der Waals surface area contributed by atoms with Gasteiger partial charge in [-0.15, -0.1) is 0 Å². The van der Waals surface area contributed by atoms with Gasteiger partial charge in [-0.05, 0) is 71.2 Å². The van der Waals surface area contributed by atoms with E-state index in [0.717, 1.165) is 13.0 Å². The van der Waals surface area contributed by atoms with Gasteiger partial charge in [0.2, 0.25) is 0 Å². The van der Waals surface area contributed by atoms with Crippen LogP contribution < -0.4 is 10.2 Å². The Morgan fingerprint density at radius 3 is 2.15 bits per heavy atom. The minimum absolute atomic E-state index is 0.159. The Hall–Kier alpha value is -1.02. The summed E-state index contributed by atoms with van der Waals surface area (Å²) >= 11 is 0. The summed E-state index contributed by atoms with van der Waals surface area (Å²) in [6.07, 6.45) is 1.13. The first-order chi connectivity index (χ1) is 9.07. The molecule has 0 bridgehead atoms. The summed E-state index contributed by atoms with van der Waals surface area (Å²) in [5.41, 5.74) is 4.39. The molecule has 0 aromatic heterocycles. The third-order valence-corrected chi connectivity index (χ3v) is 4.30. The van der Waals surface area contributed by atoms with E-state index in [0.29, 0.717) is 0 Å². The van der Waals surface area contributed by atoms with Crippen LogP contribution in [0, 0.1) is 6.92 Å². The molecule has 0 aliphatic heterocycles. The zero-order valence-electron chi connectivity index (χ0n) is 14.6. The van der Waals surface area contributed by atoms with Gasteiger partial charge in [-0.2, -0.15) is 0 Å². The van der Waals surface area contributed by atoms with Crippen LogP contribution >= 0.6 is 0 Å². The molecule has 0 amide bonds. The van der Waals surface area contributed by atoms with Gasteiger partial charge in [-0.25, -0.2) is 0 Å². The minimum atomic E-state index is 0.159. The second-order valence-electron chi connectivity index (χ2n) is 7.44. The number of hydrogen-bond acceptors (Lipinski definition) is 2. The number of hydrogen-bond donors (Lipinski definition) is 1. The zero-order valence-corrected chi connectivity index (χ0v) is 14.6. The quantitative estimate of drug-likeness (QED) is 0.851. The molecule has 0 fully saturated rings. The summed E-state index contributed by atoms with van der Waals surface area (Å²) in [7, 11) is 2.19. The Morgan fingerprint density at radius 1 is 1.10 bits per heavy atom. The van der Waals surface area contributed by atoms with Crippen LogP contribution in [0.5, 0.6) is 0 Å². The molecule has 2 heteroatoms. The fourth-order valence-corrected chi connectivity index (χ4v) is 2.03. The number of benzene rings is 1. The van der Waals surface area contributed by atoms with Crippen molar-refractivity contribution in [2.24, 2.45) is 0 Å². The first kappa shape index (κ1) is 17.0. The van der Waals surface area contributed by atoms with Gasteiger partial charge in [-0.3, -0.25) is 0 Å². The fraction of sp³-hybridized carbons (Fsp3) is 0.667. The highest BCUT2D eigenvalue weighted by molar-refractivity contribution is 5.52. The monoisotopic (exact) mass is 276 g/mol. The maximum Gasteiger partial charge on any atom is 0.0370 e. The first-order valence-electron chi connectivity index (χ1n) is 7.65. The van der Waals surface area contributed by atoms with Crippen LogP contribution in [0.2, 0.25) is 0 Å². The van der Waals surface area contributed by atoms with Crippen LogP contribution in [0.25, 0.3) is 0 Å². The summed E-state index contributed by atoms with van der Waals surface area (Å²) in [6, 6.07) is 6.80. The van der Waals surface area contributed by atoms with Gasteiger partial charge in [0.25, 0.3) is 0 Å². The van der Waals surface area contributed by atoms with Gasteiger partial charge in [-0.1, -0.05) is 13.0 Å². The summed E-state index contributed by atoms with van der Waals surface area (Å²) in [5.74, 6) is 0. The Bertz CT molecular complexity index is 441. The van der Waals surface area contributed by atoms with E-state index in [4.69, 9.17) is 0 Å². The van der Waals surface area contributed by atoms with Crippen LogP contribution in [-0.2, 0) is 6.54 Å². The minimum Gasteiger partial charge on any atom is -0.369 e. The standard InChI is InChI=1S/C18H32N2/c1-9-18(6,7)20(8)16-11-10-15(14(2)12-16)13-19-17(3,4)5/h10-12,19H,9,13H2,1-8H3. The predicted octanol–water partition coefficient (Wildman–Crippen LogP) is 4.51. The van der Waals surface area contributed by atoms with Gasteiger partial charge in [0.1, 0.15) is 0 Å². The third kappa shape index (κ3) is 4.52. The molecule has 1 rings (SSSR count). The van der Waals surface area contributed by atoms with E-state index in [1.807, 2.05) is 0 Å². The Labute approximate surface area is 125 Å². The molecule has 1 aromatic rings. The second kappa shape index (κ2) is 6.17. The van der Waals surface area contributed by atoms with Gasteiger partial charge in [0.05, 0.1) is 0 Å².